The lowest BCUT2D eigenvalue weighted by Crippen LogP contribution is -2.19. The lowest BCUT2D eigenvalue weighted by atomic mass is 10.1. The van der Waals surface area contributed by atoms with Crippen LogP contribution in [0.1, 0.15) is 24.0 Å². The molecule has 1 aromatic carbocycles. The summed E-state index contributed by atoms with van der Waals surface area (Å²) in [4.78, 5) is 11.7. The van der Waals surface area contributed by atoms with Crippen molar-refractivity contribution in [2.24, 2.45) is 0 Å². The first-order valence-corrected chi connectivity index (χ1v) is 9.21. The summed E-state index contributed by atoms with van der Waals surface area (Å²) >= 11 is 0. The van der Waals surface area contributed by atoms with Crippen molar-refractivity contribution in [2.75, 3.05) is 26.9 Å². The number of imidazole rings is 1. The molecule has 0 unspecified atom stereocenters. The molecule has 0 saturated carbocycles. The third-order valence-corrected chi connectivity index (χ3v) is 4.28. The fourth-order valence-electron chi connectivity index (χ4n) is 2.95. The molecule has 2 heterocycles. The predicted octanol–water partition coefficient (Wildman–Crippen LogP) is 3.65. The fourth-order valence-corrected chi connectivity index (χ4v) is 2.95. The van der Waals surface area contributed by atoms with Crippen LogP contribution in [0.2, 0.25) is 0 Å². The summed E-state index contributed by atoms with van der Waals surface area (Å²) in [7, 11) is 1.60. The summed E-state index contributed by atoms with van der Waals surface area (Å²) in [6, 6.07) is 7.27. The van der Waals surface area contributed by atoms with Gasteiger partial charge in [0.2, 0.25) is 0 Å². The van der Waals surface area contributed by atoms with Gasteiger partial charge in [-0.2, -0.15) is 18.4 Å². The Labute approximate surface area is 170 Å². The maximum absolute atomic E-state index is 13.5. The van der Waals surface area contributed by atoms with Crippen molar-refractivity contribution < 1.29 is 22.6 Å². The Morgan fingerprint density at radius 1 is 1.23 bits per heavy atom. The highest BCUT2D eigenvalue weighted by Gasteiger charge is 2.35. The zero-order valence-corrected chi connectivity index (χ0v) is 16.4. The van der Waals surface area contributed by atoms with Crippen LogP contribution in [0.5, 0.6) is 5.75 Å². The molecule has 0 atom stereocenters. The van der Waals surface area contributed by atoms with Crippen LogP contribution in [0.25, 0.3) is 22.3 Å². The molecular formula is C20H20F3N5O2. The van der Waals surface area contributed by atoms with Gasteiger partial charge in [0, 0.05) is 19.2 Å². The minimum absolute atomic E-state index is 0.0318. The van der Waals surface area contributed by atoms with Gasteiger partial charge in [0.1, 0.15) is 23.2 Å². The van der Waals surface area contributed by atoms with Crippen molar-refractivity contribution in [3.05, 3.63) is 41.3 Å². The van der Waals surface area contributed by atoms with Gasteiger partial charge in [-0.1, -0.05) is 0 Å². The summed E-state index contributed by atoms with van der Waals surface area (Å²) in [6.07, 6.45) is -4.59. The van der Waals surface area contributed by atoms with Crippen molar-refractivity contribution in [2.45, 2.75) is 19.6 Å². The van der Waals surface area contributed by atoms with Crippen LogP contribution in [0.15, 0.2) is 24.3 Å². The Bertz CT molecular complexity index is 1070. The monoisotopic (exact) mass is 419 g/mol. The molecule has 7 nitrogen and oxygen atoms in total. The third kappa shape index (κ3) is 4.69. The van der Waals surface area contributed by atoms with Gasteiger partial charge in [-0.3, -0.25) is 0 Å². The maximum atomic E-state index is 13.5. The van der Waals surface area contributed by atoms with Crippen LogP contribution in [0, 0.1) is 11.3 Å². The Morgan fingerprint density at radius 3 is 2.70 bits per heavy atom. The molecule has 0 amide bonds. The quantitative estimate of drug-likeness (QED) is 0.541. The van der Waals surface area contributed by atoms with E-state index in [4.69, 9.17) is 9.47 Å². The smallest absolute Gasteiger partial charge is 0.419 e. The van der Waals surface area contributed by atoms with E-state index >= 15 is 0 Å². The number of pyridine rings is 1. The largest absolute Gasteiger partial charge is 0.493 e. The normalized spacial score (nSPS) is 11.6. The number of hydrogen-bond acceptors (Lipinski definition) is 6. The van der Waals surface area contributed by atoms with Crippen LogP contribution < -0.4 is 10.1 Å². The van der Waals surface area contributed by atoms with Gasteiger partial charge in [-0.05, 0) is 31.2 Å². The van der Waals surface area contributed by atoms with E-state index < -0.39 is 11.7 Å². The number of alkyl halides is 3. The second-order valence-corrected chi connectivity index (χ2v) is 6.36. The molecule has 0 radical (unpaired) electrons. The van der Waals surface area contributed by atoms with Gasteiger partial charge in [-0.15, -0.1) is 0 Å². The standard InChI is InChI=1S/C20H20F3N5O2/c1-3-30-17-5-4-12(8-13(17)20(21,22)23)14-9-15-19(16(10-24)26-14)28-18(27-15)11-25-6-7-29-2/h4-5,8-9,25H,3,6-7,11H2,1-2H3,(H,27,28). The number of hydrogen-bond donors (Lipinski definition) is 2. The molecule has 0 bridgehead atoms. The summed E-state index contributed by atoms with van der Waals surface area (Å²) in [5.41, 5.74) is 0.474. The first-order valence-electron chi connectivity index (χ1n) is 9.21. The number of fused-ring (bicyclic) bond motifs is 1. The van der Waals surface area contributed by atoms with Crippen LogP contribution in [0.3, 0.4) is 0 Å². The summed E-state index contributed by atoms with van der Waals surface area (Å²) in [5, 5.41) is 12.6. The highest BCUT2D eigenvalue weighted by atomic mass is 19.4. The number of nitrogens with zero attached hydrogens (tertiary/aromatic N) is 3. The van der Waals surface area contributed by atoms with E-state index in [2.05, 4.69) is 20.3 Å². The summed E-state index contributed by atoms with van der Waals surface area (Å²) in [6.45, 7) is 3.30. The molecule has 2 aromatic heterocycles. The van der Waals surface area contributed by atoms with Crippen LogP contribution in [-0.2, 0) is 17.5 Å². The van der Waals surface area contributed by atoms with Gasteiger partial charge in [0.25, 0.3) is 0 Å². The fraction of sp³-hybridized carbons (Fsp3) is 0.350. The molecule has 0 saturated heterocycles. The van der Waals surface area contributed by atoms with Crippen LogP contribution in [-0.4, -0.2) is 41.8 Å². The average molecular weight is 419 g/mol. The van der Waals surface area contributed by atoms with E-state index in [1.165, 1.54) is 12.1 Å². The number of halogens is 3. The molecule has 3 aromatic rings. The van der Waals surface area contributed by atoms with Crippen LogP contribution >= 0.6 is 0 Å². The van der Waals surface area contributed by atoms with E-state index in [0.29, 0.717) is 36.6 Å². The number of nitrogens with one attached hydrogen (secondary N) is 2. The number of H-pyrrole nitrogens is 1. The number of benzene rings is 1. The maximum Gasteiger partial charge on any atom is 0.419 e. The predicted molar refractivity (Wildman–Crippen MR) is 104 cm³/mol. The average Bonchev–Trinajstić information content (AvgIpc) is 3.13. The van der Waals surface area contributed by atoms with Crippen molar-refractivity contribution in [1.29, 1.82) is 5.26 Å². The number of ether oxygens (including phenoxy) is 2. The molecule has 158 valence electrons. The number of rotatable bonds is 8. The SMILES string of the molecule is CCOc1ccc(-c2cc3[nH]c(CNCCOC)nc3c(C#N)n2)cc1C(F)(F)F. The number of aromatic nitrogens is 3. The van der Waals surface area contributed by atoms with Crippen molar-refractivity contribution in [3.8, 4) is 23.1 Å². The van der Waals surface area contributed by atoms with E-state index in [1.807, 2.05) is 6.07 Å². The molecular weight excluding hydrogens is 399 g/mol. The molecule has 2 N–H and O–H groups in total. The Hall–Kier alpha value is -3.16. The van der Waals surface area contributed by atoms with Crippen molar-refractivity contribution in [1.82, 2.24) is 20.3 Å². The van der Waals surface area contributed by atoms with Gasteiger partial charge in [-0.25, -0.2) is 9.97 Å². The molecule has 10 heteroatoms. The van der Waals surface area contributed by atoms with Crippen molar-refractivity contribution in [3.63, 3.8) is 0 Å². The zero-order chi connectivity index (χ0) is 21.7. The number of aromatic amines is 1. The summed E-state index contributed by atoms with van der Waals surface area (Å²) in [5.74, 6) is 0.334. The van der Waals surface area contributed by atoms with E-state index in [0.717, 1.165) is 6.07 Å². The van der Waals surface area contributed by atoms with Gasteiger partial charge < -0.3 is 19.8 Å². The number of nitriles is 1. The highest BCUT2D eigenvalue weighted by molar-refractivity contribution is 5.84. The lowest BCUT2D eigenvalue weighted by Gasteiger charge is -2.14. The highest BCUT2D eigenvalue weighted by Crippen LogP contribution is 2.39. The number of methoxy groups -OCH3 is 1. The molecule has 0 aliphatic rings. The van der Waals surface area contributed by atoms with Gasteiger partial charge >= 0.3 is 6.18 Å². The molecule has 3 rings (SSSR count). The lowest BCUT2D eigenvalue weighted by molar-refractivity contribution is -0.138. The molecule has 0 aliphatic carbocycles. The first kappa shape index (κ1) is 21.5. The van der Waals surface area contributed by atoms with E-state index in [-0.39, 0.29) is 29.3 Å². The van der Waals surface area contributed by atoms with E-state index in [9.17, 15) is 18.4 Å². The molecule has 0 aliphatic heterocycles. The molecule has 0 fully saturated rings. The minimum Gasteiger partial charge on any atom is -0.493 e. The Kier molecular flexibility index (Phi) is 6.54. The van der Waals surface area contributed by atoms with Crippen molar-refractivity contribution >= 4 is 11.0 Å². The Morgan fingerprint density at radius 2 is 2.03 bits per heavy atom. The summed E-state index contributed by atoms with van der Waals surface area (Å²) < 4.78 is 50.4. The van der Waals surface area contributed by atoms with E-state index in [1.54, 1.807) is 20.1 Å². The Balaban J connectivity index is 2.01. The van der Waals surface area contributed by atoms with Gasteiger partial charge in [0.15, 0.2) is 5.69 Å². The second-order valence-electron chi connectivity index (χ2n) is 6.36. The third-order valence-electron chi connectivity index (χ3n) is 4.28. The second kappa shape index (κ2) is 9.11. The topological polar surface area (TPSA) is 95.9 Å². The first-order chi connectivity index (χ1) is 14.4. The molecule has 0 spiro atoms. The van der Waals surface area contributed by atoms with Gasteiger partial charge in [0.05, 0.1) is 36.5 Å². The van der Waals surface area contributed by atoms with Crippen LogP contribution in [0.4, 0.5) is 13.2 Å². The zero-order valence-electron chi connectivity index (χ0n) is 16.4. The molecule has 30 heavy (non-hydrogen) atoms. The minimum atomic E-state index is -4.59.